The number of oxazole rings is 1. The van der Waals surface area contributed by atoms with Crippen LogP contribution in [0.3, 0.4) is 0 Å². The van der Waals surface area contributed by atoms with Crippen LogP contribution in [0.4, 0.5) is 5.69 Å². The van der Waals surface area contributed by atoms with Crippen molar-refractivity contribution in [1.82, 2.24) is 25.2 Å². The van der Waals surface area contributed by atoms with Crippen molar-refractivity contribution >= 4 is 23.4 Å². The molecule has 0 bridgehead atoms. The fraction of sp³-hybridized carbons (Fsp3) is 0.190. The lowest BCUT2D eigenvalue weighted by molar-refractivity contribution is 0.102. The molecule has 30 heavy (non-hydrogen) atoms. The van der Waals surface area contributed by atoms with E-state index in [0.717, 1.165) is 24.1 Å². The summed E-state index contributed by atoms with van der Waals surface area (Å²) >= 11 is 1.44. The van der Waals surface area contributed by atoms with Gasteiger partial charge in [0.05, 0.1) is 5.69 Å². The Balaban J connectivity index is 1.43. The molecule has 9 heteroatoms. The predicted octanol–water partition coefficient (Wildman–Crippen LogP) is 4.17. The molecule has 1 saturated carbocycles. The van der Waals surface area contributed by atoms with E-state index in [4.69, 9.17) is 4.42 Å². The number of tetrazole rings is 1. The second-order valence-corrected chi connectivity index (χ2v) is 7.73. The minimum absolute atomic E-state index is 0.257. The van der Waals surface area contributed by atoms with Crippen LogP contribution in [0.1, 0.15) is 35.0 Å². The van der Waals surface area contributed by atoms with Gasteiger partial charge in [0.25, 0.3) is 5.91 Å². The summed E-state index contributed by atoms with van der Waals surface area (Å²) < 4.78 is 7.62. The Bertz CT molecular complexity index is 1200. The second kappa shape index (κ2) is 7.75. The van der Waals surface area contributed by atoms with E-state index in [1.807, 2.05) is 60.9 Å². The number of hydrogen-bond donors (Lipinski definition) is 1. The number of carbonyl (C=O) groups excluding carboxylic acids is 1. The Kier molecular flexibility index (Phi) is 4.80. The number of nitrogens with zero attached hydrogens (tertiary/aromatic N) is 5. The first-order valence-corrected chi connectivity index (χ1v) is 10.8. The highest BCUT2D eigenvalue weighted by Gasteiger charge is 2.34. The van der Waals surface area contributed by atoms with Gasteiger partial charge >= 0.3 is 0 Å². The standard InChI is InChI=1S/C21H18N6O2S/c1-30-21-24-25-26-27(21)16-9-5-8-15(12-16)22-19(28)17-18(13-10-11-13)29-20(23-17)14-6-3-2-4-7-14/h2-9,12-13H,10-11H2,1H3,(H,22,28). The zero-order valence-electron chi connectivity index (χ0n) is 16.1. The molecule has 2 aromatic carbocycles. The van der Waals surface area contributed by atoms with Gasteiger partial charge in [-0.2, -0.15) is 4.68 Å². The number of hydrogen-bond acceptors (Lipinski definition) is 7. The van der Waals surface area contributed by atoms with E-state index >= 15 is 0 Å². The average molecular weight is 418 g/mol. The summed E-state index contributed by atoms with van der Waals surface area (Å²) in [5.41, 5.74) is 2.58. The molecule has 8 nitrogen and oxygen atoms in total. The van der Waals surface area contributed by atoms with Crippen LogP contribution >= 0.6 is 11.8 Å². The third-order valence-electron chi connectivity index (χ3n) is 4.81. The van der Waals surface area contributed by atoms with Crippen LogP contribution in [0.15, 0.2) is 64.2 Å². The van der Waals surface area contributed by atoms with Crippen LogP contribution in [0.5, 0.6) is 0 Å². The van der Waals surface area contributed by atoms with Crippen molar-refractivity contribution in [3.8, 4) is 17.1 Å². The summed E-state index contributed by atoms with van der Waals surface area (Å²) in [6, 6.07) is 17.0. The smallest absolute Gasteiger partial charge is 0.277 e. The number of benzene rings is 2. The van der Waals surface area contributed by atoms with Crippen LogP contribution in [0.25, 0.3) is 17.1 Å². The van der Waals surface area contributed by atoms with Crippen LogP contribution < -0.4 is 5.32 Å². The quantitative estimate of drug-likeness (QED) is 0.469. The molecular formula is C21H18N6O2S. The molecule has 0 spiro atoms. The molecule has 0 unspecified atom stereocenters. The van der Waals surface area contributed by atoms with Gasteiger partial charge in [0.15, 0.2) is 5.69 Å². The lowest BCUT2D eigenvalue weighted by Crippen LogP contribution is -2.14. The molecule has 1 amide bonds. The first kappa shape index (κ1) is 18.6. The van der Waals surface area contributed by atoms with E-state index in [2.05, 4.69) is 25.8 Å². The van der Waals surface area contributed by atoms with Crippen molar-refractivity contribution in [2.24, 2.45) is 0 Å². The largest absolute Gasteiger partial charge is 0.440 e. The van der Waals surface area contributed by atoms with Crippen LogP contribution in [0, 0.1) is 0 Å². The maximum absolute atomic E-state index is 13.0. The van der Waals surface area contributed by atoms with Gasteiger partial charge in [-0.15, -0.1) is 5.10 Å². The van der Waals surface area contributed by atoms with Gasteiger partial charge in [0.1, 0.15) is 5.76 Å². The van der Waals surface area contributed by atoms with Crippen LogP contribution in [-0.2, 0) is 0 Å². The maximum atomic E-state index is 13.0. The van der Waals surface area contributed by atoms with E-state index in [1.54, 1.807) is 4.68 Å². The molecule has 1 aliphatic carbocycles. The maximum Gasteiger partial charge on any atom is 0.277 e. The first-order chi connectivity index (χ1) is 14.7. The van der Waals surface area contributed by atoms with Crippen molar-refractivity contribution in [3.63, 3.8) is 0 Å². The summed E-state index contributed by atoms with van der Waals surface area (Å²) in [7, 11) is 0. The Morgan fingerprint density at radius 3 is 2.77 bits per heavy atom. The van der Waals surface area contributed by atoms with E-state index in [9.17, 15) is 4.79 Å². The summed E-state index contributed by atoms with van der Waals surface area (Å²) in [5.74, 6) is 1.09. The van der Waals surface area contributed by atoms with Gasteiger partial charge in [0.2, 0.25) is 11.0 Å². The Morgan fingerprint density at radius 2 is 2.00 bits per heavy atom. The summed E-state index contributed by atoms with van der Waals surface area (Å²) in [6.45, 7) is 0. The number of thioether (sulfide) groups is 1. The number of carbonyl (C=O) groups is 1. The number of aromatic nitrogens is 5. The van der Waals surface area contributed by atoms with Gasteiger partial charge in [-0.05, 0) is 59.9 Å². The molecule has 150 valence electrons. The SMILES string of the molecule is CSc1nnnn1-c1cccc(NC(=O)c2nc(-c3ccccc3)oc2C2CC2)c1. The van der Waals surface area contributed by atoms with E-state index in [1.165, 1.54) is 11.8 Å². The average Bonchev–Trinajstić information content (AvgIpc) is 3.34. The zero-order valence-corrected chi connectivity index (χ0v) is 17.0. The van der Waals surface area contributed by atoms with Gasteiger partial charge in [-0.3, -0.25) is 4.79 Å². The van der Waals surface area contributed by atoms with E-state index in [0.29, 0.717) is 28.2 Å². The zero-order chi connectivity index (χ0) is 20.5. The van der Waals surface area contributed by atoms with E-state index in [-0.39, 0.29) is 11.8 Å². The van der Waals surface area contributed by atoms with Gasteiger partial charge < -0.3 is 9.73 Å². The summed E-state index contributed by atoms with van der Waals surface area (Å²) in [4.78, 5) is 17.6. The molecule has 2 heterocycles. The number of rotatable bonds is 6. The lowest BCUT2D eigenvalue weighted by atomic mass is 10.2. The van der Waals surface area contributed by atoms with Crippen molar-refractivity contribution in [2.75, 3.05) is 11.6 Å². The van der Waals surface area contributed by atoms with Crippen molar-refractivity contribution in [2.45, 2.75) is 23.9 Å². The molecule has 0 radical (unpaired) electrons. The van der Waals surface area contributed by atoms with Gasteiger partial charge in [0, 0.05) is 17.2 Å². The third-order valence-corrected chi connectivity index (χ3v) is 5.43. The fourth-order valence-electron chi connectivity index (χ4n) is 3.19. The molecule has 4 aromatic rings. The minimum Gasteiger partial charge on any atom is -0.440 e. The normalized spacial score (nSPS) is 13.4. The molecule has 0 atom stereocenters. The summed E-state index contributed by atoms with van der Waals surface area (Å²) in [5, 5.41) is 15.3. The third kappa shape index (κ3) is 3.59. The Hall–Kier alpha value is -3.46. The van der Waals surface area contributed by atoms with Crippen molar-refractivity contribution < 1.29 is 9.21 Å². The van der Waals surface area contributed by atoms with E-state index < -0.39 is 0 Å². The van der Waals surface area contributed by atoms with Crippen LogP contribution in [0.2, 0.25) is 0 Å². The topological polar surface area (TPSA) is 98.7 Å². The number of amides is 1. The van der Waals surface area contributed by atoms with Gasteiger partial charge in [-0.1, -0.05) is 36.0 Å². The molecule has 1 aliphatic rings. The molecule has 5 rings (SSSR count). The molecule has 1 fully saturated rings. The van der Waals surface area contributed by atoms with Crippen LogP contribution in [-0.4, -0.2) is 37.4 Å². The molecular weight excluding hydrogens is 400 g/mol. The minimum atomic E-state index is -0.290. The molecule has 0 saturated heterocycles. The first-order valence-electron chi connectivity index (χ1n) is 9.53. The highest BCUT2D eigenvalue weighted by atomic mass is 32.2. The molecule has 0 aliphatic heterocycles. The van der Waals surface area contributed by atoms with Crippen molar-refractivity contribution in [3.05, 3.63) is 66.1 Å². The van der Waals surface area contributed by atoms with Crippen molar-refractivity contribution in [1.29, 1.82) is 0 Å². The fourth-order valence-corrected chi connectivity index (χ4v) is 3.63. The highest BCUT2D eigenvalue weighted by Crippen LogP contribution is 2.43. The number of anilines is 1. The number of nitrogens with one attached hydrogen (secondary N) is 1. The van der Waals surface area contributed by atoms with Gasteiger partial charge in [-0.25, -0.2) is 4.98 Å². The Morgan fingerprint density at radius 1 is 1.17 bits per heavy atom. The molecule has 2 aromatic heterocycles. The monoisotopic (exact) mass is 418 g/mol. The lowest BCUT2D eigenvalue weighted by Gasteiger charge is -2.07. The summed E-state index contributed by atoms with van der Waals surface area (Å²) in [6.07, 6.45) is 3.92. The second-order valence-electron chi connectivity index (χ2n) is 6.95. The highest BCUT2D eigenvalue weighted by molar-refractivity contribution is 7.98. The predicted molar refractivity (Wildman–Crippen MR) is 113 cm³/mol. The Labute approximate surface area is 176 Å². The molecule has 1 N–H and O–H groups in total.